The highest BCUT2D eigenvalue weighted by Gasteiger charge is 2.13. The number of halogens is 1. The molecule has 0 atom stereocenters. The Morgan fingerprint density at radius 2 is 1.73 bits per heavy atom. The second-order valence-electron chi connectivity index (χ2n) is 5.90. The van der Waals surface area contributed by atoms with Gasteiger partial charge >= 0.3 is 0 Å². The van der Waals surface area contributed by atoms with Crippen molar-refractivity contribution < 1.29 is 14.0 Å². The summed E-state index contributed by atoms with van der Waals surface area (Å²) >= 11 is 0. The lowest BCUT2D eigenvalue weighted by Gasteiger charge is -2.08. The van der Waals surface area contributed by atoms with Gasteiger partial charge in [0.1, 0.15) is 11.6 Å². The molecule has 0 aliphatic heterocycles. The van der Waals surface area contributed by atoms with E-state index in [2.05, 4.69) is 10.4 Å². The van der Waals surface area contributed by atoms with Gasteiger partial charge in [-0.3, -0.25) is 9.59 Å². The number of carbonyl (C=O) groups is 2. The number of amides is 1. The molecule has 2 aromatic carbocycles. The van der Waals surface area contributed by atoms with Gasteiger partial charge in [-0.1, -0.05) is 18.2 Å². The number of ketones is 1. The van der Waals surface area contributed by atoms with E-state index in [1.807, 2.05) is 37.3 Å². The van der Waals surface area contributed by atoms with Gasteiger partial charge in [0, 0.05) is 24.5 Å². The van der Waals surface area contributed by atoms with Gasteiger partial charge in [-0.05, 0) is 43.3 Å². The molecule has 5 nitrogen and oxygen atoms in total. The van der Waals surface area contributed by atoms with Crippen LogP contribution in [-0.2, 0) is 4.79 Å². The maximum Gasteiger partial charge on any atom is 0.225 e. The van der Waals surface area contributed by atoms with Crippen LogP contribution in [0.4, 0.5) is 10.2 Å². The Morgan fingerprint density at radius 3 is 2.42 bits per heavy atom. The maximum atomic E-state index is 12.9. The van der Waals surface area contributed by atoms with Gasteiger partial charge in [0.05, 0.1) is 11.4 Å². The van der Waals surface area contributed by atoms with Crippen molar-refractivity contribution in [2.24, 2.45) is 0 Å². The van der Waals surface area contributed by atoms with E-state index in [4.69, 9.17) is 0 Å². The van der Waals surface area contributed by atoms with Crippen LogP contribution in [0.2, 0.25) is 0 Å². The van der Waals surface area contributed by atoms with Crippen molar-refractivity contribution in [3.05, 3.63) is 77.7 Å². The topological polar surface area (TPSA) is 64.0 Å². The number of anilines is 1. The Bertz CT molecular complexity index is 918. The largest absolute Gasteiger partial charge is 0.311 e. The summed E-state index contributed by atoms with van der Waals surface area (Å²) in [6.45, 7) is 1.84. The Labute approximate surface area is 150 Å². The molecule has 0 saturated carbocycles. The molecule has 0 aliphatic rings. The Hall–Kier alpha value is -3.28. The molecule has 6 heteroatoms. The second-order valence-corrected chi connectivity index (χ2v) is 5.90. The number of rotatable bonds is 6. The van der Waals surface area contributed by atoms with Crippen molar-refractivity contribution in [1.82, 2.24) is 9.78 Å². The first kappa shape index (κ1) is 17.5. The van der Waals surface area contributed by atoms with Crippen LogP contribution in [0.3, 0.4) is 0 Å². The summed E-state index contributed by atoms with van der Waals surface area (Å²) < 4.78 is 14.6. The van der Waals surface area contributed by atoms with E-state index in [9.17, 15) is 14.0 Å². The standard InChI is InChI=1S/C20H18FN3O2/c1-14-13-19(24(23-14)17-5-3-2-4-6-17)22-20(26)12-11-18(25)15-7-9-16(21)10-8-15/h2-10,13H,11-12H2,1H3,(H,22,26). The lowest BCUT2D eigenvalue weighted by atomic mass is 10.1. The predicted molar refractivity (Wildman–Crippen MR) is 96.9 cm³/mol. The van der Waals surface area contributed by atoms with Crippen LogP contribution in [0.15, 0.2) is 60.7 Å². The highest BCUT2D eigenvalue weighted by molar-refractivity contribution is 5.99. The van der Waals surface area contributed by atoms with Gasteiger partial charge in [0.25, 0.3) is 0 Å². The zero-order valence-electron chi connectivity index (χ0n) is 14.3. The summed E-state index contributed by atoms with van der Waals surface area (Å²) in [7, 11) is 0. The van der Waals surface area contributed by atoms with Crippen molar-refractivity contribution in [1.29, 1.82) is 0 Å². The van der Waals surface area contributed by atoms with Crippen LogP contribution in [0.25, 0.3) is 5.69 Å². The zero-order valence-corrected chi connectivity index (χ0v) is 14.3. The molecule has 26 heavy (non-hydrogen) atoms. The highest BCUT2D eigenvalue weighted by atomic mass is 19.1. The summed E-state index contributed by atoms with van der Waals surface area (Å²) in [4.78, 5) is 24.3. The molecule has 132 valence electrons. The molecule has 0 bridgehead atoms. The SMILES string of the molecule is Cc1cc(NC(=O)CCC(=O)c2ccc(F)cc2)n(-c2ccccc2)n1. The molecule has 0 aliphatic carbocycles. The molecule has 3 rings (SSSR count). The number of hydrogen-bond acceptors (Lipinski definition) is 3. The molecule has 1 N–H and O–H groups in total. The predicted octanol–water partition coefficient (Wildman–Crippen LogP) is 3.92. The van der Waals surface area contributed by atoms with E-state index in [1.54, 1.807) is 10.7 Å². The van der Waals surface area contributed by atoms with Gasteiger partial charge in [-0.25, -0.2) is 9.07 Å². The summed E-state index contributed by atoms with van der Waals surface area (Å²) in [6, 6.07) is 16.5. The van der Waals surface area contributed by atoms with Gasteiger partial charge in [-0.2, -0.15) is 5.10 Å². The van der Waals surface area contributed by atoms with Crippen LogP contribution in [0.5, 0.6) is 0 Å². The average Bonchev–Trinajstić information content (AvgIpc) is 3.01. The Kier molecular flexibility index (Phi) is 5.22. The van der Waals surface area contributed by atoms with Crippen LogP contribution in [0.1, 0.15) is 28.9 Å². The molecule has 0 radical (unpaired) electrons. The molecular formula is C20H18FN3O2. The van der Waals surface area contributed by atoms with Gasteiger partial charge in [0.15, 0.2) is 5.78 Å². The third kappa shape index (κ3) is 4.22. The smallest absolute Gasteiger partial charge is 0.225 e. The number of nitrogens with one attached hydrogen (secondary N) is 1. The zero-order chi connectivity index (χ0) is 18.5. The lowest BCUT2D eigenvalue weighted by molar-refractivity contribution is -0.116. The normalized spacial score (nSPS) is 10.5. The van der Waals surface area contributed by atoms with Crippen LogP contribution in [-0.4, -0.2) is 21.5 Å². The summed E-state index contributed by atoms with van der Waals surface area (Å²) in [6.07, 6.45) is 0.0884. The molecule has 0 fully saturated rings. The van der Waals surface area contributed by atoms with E-state index in [0.717, 1.165) is 11.4 Å². The molecule has 1 heterocycles. The fourth-order valence-electron chi connectivity index (χ4n) is 2.57. The number of benzene rings is 2. The first-order valence-electron chi connectivity index (χ1n) is 8.23. The molecule has 0 spiro atoms. The molecule has 0 saturated heterocycles. The van der Waals surface area contributed by atoms with E-state index in [-0.39, 0.29) is 24.5 Å². The number of carbonyl (C=O) groups excluding carboxylic acids is 2. The fourth-order valence-corrected chi connectivity index (χ4v) is 2.57. The summed E-state index contributed by atoms with van der Waals surface area (Å²) in [5.74, 6) is -0.331. The van der Waals surface area contributed by atoms with Gasteiger partial charge < -0.3 is 5.32 Å². The van der Waals surface area contributed by atoms with Crippen molar-refractivity contribution in [3.8, 4) is 5.69 Å². The van der Waals surface area contributed by atoms with Crippen molar-refractivity contribution in [2.45, 2.75) is 19.8 Å². The van der Waals surface area contributed by atoms with Gasteiger partial charge in [0.2, 0.25) is 5.91 Å². The van der Waals surface area contributed by atoms with E-state index in [1.165, 1.54) is 24.3 Å². The molecule has 3 aromatic rings. The quantitative estimate of drug-likeness (QED) is 0.685. The third-order valence-corrected chi connectivity index (χ3v) is 3.85. The number of para-hydroxylation sites is 1. The van der Waals surface area contributed by atoms with Crippen molar-refractivity contribution in [3.63, 3.8) is 0 Å². The lowest BCUT2D eigenvalue weighted by Crippen LogP contribution is -2.16. The third-order valence-electron chi connectivity index (χ3n) is 3.85. The summed E-state index contributed by atoms with van der Waals surface area (Å²) in [5.41, 5.74) is 1.99. The summed E-state index contributed by atoms with van der Waals surface area (Å²) in [5, 5.41) is 7.18. The van der Waals surface area contributed by atoms with E-state index in [0.29, 0.717) is 11.4 Å². The van der Waals surface area contributed by atoms with Crippen molar-refractivity contribution >= 4 is 17.5 Å². The Morgan fingerprint density at radius 1 is 1.04 bits per heavy atom. The molecule has 1 aromatic heterocycles. The average molecular weight is 351 g/mol. The first-order chi connectivity index (χ1) is 12.5. The first-order valence-corrected chi connectivity index (χ1v) is 8.23. The molecule has 0 unspecified atom stereocenters. The minimum atomic E-state index is -0.399. The highest BCUT2D eigenvalue weighted by Crippen LogP contribution is 2.17. The van der Waals surface area contributed by atoms with Crippen LogP contribution in [0, 0.1) is 12.7 Å². The van der Waals surface area contributed by atoms with Crippen LogP contribution < -0.4 is 5.32 Å². The fraction of sp³-hybridized carbons (Fsp3) is 0.150. The number of hydrogen-bond donors (Lipinski definition) is 1. The van der Waals surface area contributed by atoms with E-state index < -0.39 is 5.82 Å². The monoisotopic (exact) mass is 351 g/mol. The minimum Gasteiger partial charge on any atom is -0.311 e. The van der Waals surface area contributed by atoms with Crippen LogP contribution >= 0.6 is 0 Å². The number of aromatic nitrogens is 2. The maximum absolute atomic E-state index is 12.9. The van der Waals surface area contributed by atoms with E-state index >= 15 is 0 Å². The molecule has 1 amide bonds. The second kappa shape index (κ2) is 7.74. The van der Waals surface area contributed by atoms with Gasteiger partial charge in [-0.15, -0.1) is 0 Å². The molecular weight excluding hydrogens is 333 g/mol. The van der Waals surface area contributed by atoms with Crippen molar-refractivity contribution in [2.75, 3.05) is 5.32 Å². The Balaban J connectivity index is 1.64. The minimum absolute atomic E-state index is 0.0369. The number of Topliss-reactive ketones (excluding diaryl/α,β-unsaturated/α-hetero) is 1. The number of nitrogens with zero attached hydrogens (tertiary/aromatic N) is 2. The number of aryl methyl sites for hydroxylation is 1.